The van der Waals surface area contributed by atoms with Gasteiger partial charge < -0.3 is 0 Å². The van der Waals surface area contributed by atoms with Gasteiger partial charge in [0.15, 0.2) is 12.4 Å². The topological polar surface area (TPSA) is 3.88 Å². The lowest BCUT2D eigenvalue weighted by Crippen LogP contribution is -2.34. The third-order valence-electron chi connectivity index (χ3n) is 11.6. The van der Waals surface area contributed by atoms with Crippen molar-refractivity contribution in [2.24, 2.45) is 0 Å². The zero-order valence-electron chi connectivity index (χ0n) is 35.2. The van der Waals surface area contributed by atoms with E-state index in [1.807, 2.05) is 0 Å². The van der Waals surface area contributed by atoms with E-state index in [9.17, 15) is 0 Å². The quantitative estimate of drug-likeness (QED) is 0.0474. The Hall–Kier alpha value is -0.850. The van der Waals surface area contributed by atoms with Crippen molar-refractivity contribution in [1.29, 1.82) is 0 Å². The van der Waals surface area contributed by atoms with Gasteiger partial charge in [-0.05, 0) is 37.7 Å². The van der Waals surface area contributed by atoms with Crippen molar-refractivity contribution in [2.75, 3.05) is 0 Å². The van der Waals surface area contributed by atoms with Gasteiger partial charge >= 0.3 is 0 Å². The zero-order chi connectivity index (χ0) is 35.8. The number of unbranched alkanes of at least 4 members (excludes halogenated alkanes) is 35. The highest BCUT2D eigenvalue weighted by atomic mass is 14.9. The summed E-state index contributed by atoms with van der Waals surface area (Å²) in [4.78, 5) is 0. The molecule has 0 aliphatic carbocycles. The summed E-state index contributed by atoms with van der Waals surface area (Å²) in [6.45, 7) is 8.16. The Labute approximate surface area is 317 Å². The first-order chi connectivity index (χ1) is 24.8. The molecule has 1 heteroatoms. The standard InChI is InChI=1S/C49H94N/c1-4-7-10-13-16-19-22-25-26-29-32-35-38-41-45-50-46-44-48(42-39-36-33-30-27-23-20-17-14-11-8-5-2)49(47-50)43-40-37-34-31-28-24-21-18-15-12-9-6-3/h44,46-47H,4-43,45H2,1-3H3/q+1. The van der Waals surface area contributed by atoms with Gasteiger partial charge in [-0.15, -0.1) is 0 Å². The average Bonchev–Trinajstić information content (AvgIpc) is 3.13. The number of aromatic nitrogens is 1. The minimum absolute atomic E-state index is 1.21. The molecule has 1 heterocycles. The summed E-state index contributed by atoms with van der Waals surface area (Å²) in [5, 5.41) is 0. The summed E-state index contributed by atoms with van der Waals surface area (Å²) in [5.41, 5.74) is 3.34. The molecule has 0 unspecified atom stereocenters. The van der Waals surface area contributed by atoms with E-state index in [-0.39, 0.29) is 0 Å². The van der Waals surface area contributed by atoms with Crippen LogP contribution >= 0.6 is 0 Å². The molecule has 0 fully saturated rings. The van der Waals surface area contributed by atoms with Crippen LogP contribution in [0, 0.1) is 0 Å². The molecular weight excluding hydrogens is 603 g/mol. The van der Waals surface area contributed by atoms with Gasteiger partial charge in [-0.25, -0.2) is 4.57 Å². The van der Waals surface area contributed by atoms with Crippen LogP contribution in [-0.2, 0) is 19.4 Å². The van der Waals surface area contributed by atoms with Crippen LogP contribution in [0.1, 0.15) is 276 Å². The van der Waals surface area contributed by atoms with Gasteiger partial charge in [0.1, 0.15) is 6.54 Å². The Kier molecular flexibility index (Phi) is 37.1. The van der Waals surface area contributed by atoms with E-state index in [0.29, 0.717) is 0 Å². The van der Waals surface area contributed by atoms with Crippen LogP contribution in [0.5, 0.6) is 0 Å². The zero-order valence-corrected chi connectivity index (χ0v) is 35.2. The minimum atomic E-state index is 1.21. The number of rotatable bonds is 41. The van der Waals surface area contributed by atoms with Gasteiger partial charge in [0, 0.05) is 18.1 Å². The van der Waals surface area contributed by atoms with Crippen LogP contribution in [-0.4, -0.2) is 0 Å². The third kappa shape index (κ3) is 31.9. The first-order valence-corrected chi connectivity index (χ1v) is 23.8. The number of pyridine rings is 1. The fraction of sp³-hybridized carbons (Fsp3) is 0.898. The van der Waals surface area contributed by atoms with Crippen LogP contribution in [0.15, 0.2) is 18.5 Å². The molecule has 0 N–H and O–H groups in total. The van der Waals surface area contributed by atoms with Crippen LogP contribution in [0.3, 0.4) is 0 Å². The number of aryl methyl sites for hydroxylation is 3. The lowest BCUT2D eigenvalue weighted by molar-refractivity contribution is -0.697. The SMILES string of the molecule is CCCCCCCCCCCCCCCC[n+]1ccc(CCCCCCCCCCCCCC)c(CCCCCCCCCCCCCC)c1. The largest absolute Gasteiger partial charge is 0.205 e. The van der Waals surface area contributed by atoms with Crippen molar-refractivity contribution < 1.29 is 4.57 Å². The van der Waals surface area contributed by atoms with Gasteiger partial charge in [-0.3, -0.25) is 0 Å². The summed E-state index contributed by atoms with van der Waals surface area (Å²) in [6.07, 6.45) is 62.3. The molecule has 0 amide bonds. The van der Waals surface area contributed by atoms with Crippen LogP contribution in [0.4, 0.5) is 0 Å². The van der Waals surface area contributed by atoms with Crippen LogP contribution in [0.2, 0.25) is 0 Å². The molecule has 1 nitrogen and oxygen atoms in total. The number of hydrogen-bond acceptors (Lipinski definition) is 0. The Morgan fingerprint density at radius 2 is 0.560 bits per heavy atom. The second kappa shape index (κ2) is 39.4. The number of nitrogens with zero attached hydrogens (tertiary/aromatic N) is 1. The summed E-state index contributed by atoms with van der Waals surface area (Å²) in [6, 6.07) is 2.51. The fourth-order valence-corrected chi connectivity index (χ4v) is 8.03. The molecule has 0 aliphatic rings. The maximum absolute atomic E-state index is 2.57. The lowest BCUT2D eigenvalue weighted by atomic mass is 9.97. The Balaban J connectivity index is 2.30. The summed E-state index contributed by atoms with van der Waals surface area (Å²) < 4.78 is 2.54. The number of hydrogen-bond donors (Lipinski definition) is 0. The Morgan fingerprint density at radius 3 is 0.880 bits per heavy atom. The van der Waals surface area contributed by atoms with Gasteiger partial charge in [0.05, 0.1) is 0 Å². The van der Waals surface area contributed by atoms with E-state index < -0.39 is 0 Å². The highest BCUT2D eigenvalue weighted by Crippen LogP contribution is 2.19. The van der Waals surface area contributed by atoms with Crippen molar-refractivity contribution in [3.63, 3.8) is 0 Å². The molecule has 0 aliphatic heterocycles. The monoisotopic (exact) mass is 697 g/mol. The molecule has 0 spiro atoms. The molecule has 1 rings (SSSR count). The summed E-state index contributed by atoms with van der Waals surface area (Å²) in [7, 11) is 0. The minimum Gasteiger partial charge on any atom is -0.205 e. The summed E-state index contributed by atoms with van der Waals surface area (Å²) in [5.74, 6) is 0. The van der Waals surface area contributed by atoms with E-state index in [1.165, 1.54) is 263 Å². The Morgan fingerprint density at radius 1 is 0.300 bits per heavy atom. The molecule has 294 valence electrons. The Bertz CT molecular complexity index is 783. The fourth-order valence-electron chi connectivity index (χ4n) is 8.03. The van der Waals surface area contributed by atoms with Crippen molar-refractivity contribution in [3.8, 4) is 0 Å². The molecule has 0 saturated heterocycles. The molecular formula is C49H94N+. The molecule has 50 heavy (non-hydrogen) atoms. The molecule has 0 atom stereocenters. The molecule has 0 bridgehead atoms. The second-order valence-corrected chi connectivity index (χ2v) is 16.6. The van der Waals surface area contributed by atoms with Crippen molar-refractivity contribution in [2.45, 2.75) is 284 Å². The maximum Gasteiger partial charge on any atom is 0.172 e. The van der Waals surface area contributed by atoms with Crippen molar-refractivity contribution >= 4 is 0 Å². The third-order valence-corrected chi connectivity index (χ3v) is 11.6. The van der Waals surface area contributed by atoms with Crippen LogP contribution < -0.4 is 4.57 Å². The van der Waals surface area contributed by atoms with Gasteiger partial charge in [0.25, 0.3) is 0 Å². The maximum atomic E-state index is 2.57. The van der Waals surface area contributed by atoms with E-state index in [1.54, 1.807) is 11.1 Å². The molecule has 1 aromatic rings. The molecule has 0 saturated carbocycles. The highest BCUT2D eigenvalue weighted by molar-refractivity contribution is 5.21. The summed E-state index contributed by atoms with van der Waals surface area (Å²) >= 11 is 0. The van der Waals surface area contributed by atoms with E-state index in [4.69, 9.17) is 0 Å². The molecule has 1 aromatic heterocycles. The van der Waals surface area contributed by atoms with E-state index in [2.05, 4.69) is 43.8 Å². The average molecular weight is 697 g/mol. The predicted octanol–water partition coefficient (Wildman–Crippen LogP) is 16.9. The van der Waals surface area contributed by atoms with Gasteiger partial charge in [0.2, 0.25) is 0 Å². The predicted molar refractivity (Wildman–Crippen MR) is 227 cm³/mol. The van der Waals surface area contributed by atoms with Gasteiger partial charge in [-0.2, -0.15) is 0 Å². The van der Waals surface area contributed by atoms with Crippen LogP contribution in [0.25, 0.3) is 0 Å². The smallest absolute Gasteiger partial charge is 0.172 e. The van der Waals surface area contributed by atoms with E-state index >= 15 is 0 Å². The lowest BCUT2D eigenvalue weighted by Gasteiger charge is -2.10. The van der Waals surface area contributed by atoms with Gasteiger partial charge in [-0.1, -0.05) is 239 Å². The van der Waals surface area contributed by atoms with Crippen molar-refractivity contribution in [1.82, 2.24) is 0 Å². The van der Waals surface area contributed by atoms with E-state index in [0.717, 1.165) is 0 Å². The first kappa shape index (κ1) is 47.2. The molecule has 0 aromatic carbocycles. The normalized spacial score (nSPS) is 11.6. The first-order valence-electron chi connectivity index (χ1n) is 23.8. The van der Waals surface area contributed by atoms with Crippen molar-refractivity contribution in [3.05, 3.63) is 29.6 Å². The molecule has 0 radical (unpaired) electrons. The highest BCUT2D eigenvalue weighted by Gasteiger charge is 2.10. The second-order valence-electron chi connectivity index (χ2n) is 16.6.